The Morgan fingerprint density at radius 1 is 1.07 bits per heavy atom. The molecule has 0 aliphatic carbocycles. The van der Waals surface area contributed by atoms with Crippen molar-refractivity contribution >= 4 is 17.7 Å². The van der Waals surface area contributed by atoms with Crippen LogP contribution in [0.25, 0.3) is 6.08 Å². The highest BCUT2D eigenvalue weighted by atomic mass is 16.5. The summed E-state index contributed by atoms with van der Waals surface area (Å²) in [5.41, 5.74) is 1.90. The van der Waals surface area contributed by atoms with Gasteiger partial charge in [0.2, 0.25) is 5.88 Å². The van der Waals surface area contributed by atoms with E-state index in [4.69, 9.17) is 9.47 Å². The first-order valence-corrected chi connectivity index (χ1v) is 9.46. The molecule has 2 aliphatic rings. The van der Waals surface area contributed by atoms with Gasteiger partial charge in [-0.2, -0.15) is 0 Å². The summed E-state index contributed by atoms with van der Waals surface area (Å²) in [6.07, 6.45) is 7.75. The van der Waals surface area contributed by atoms with E-state index < -0.39 is 0 Å². The number of rotatable bonds is 9. The summed E-state index contributed by atoms with van der Waals surface area (Å²) in [5, 5.41) is 0. The molecule has 0 unspecified atom stereocenters. The van der Waals surface area contributed by atoms with Gasteiger partial charge in [0.25, 0.3) is 0 Å². The van der Waals surface area contributed by atoms with E-state index in [0.29, 0.717) is 31.5 Å². The molecule has 0 N–H and O–H groups in total. The van der Waals surface area contributed by atoms with E-state index in [1.165, 1.54) is 0 Å². The summed E-state index contributed by atoms with van der Waals surface area (Å²) in [6.45, 7) is 10.7. The molecule has 144 valence electrons. The molecular formula is C20H27N5O2. The van der Waals surface area contributed by atoms with E-state index in [0.717, 1.165) is 36.9 Å². The Bertz CT molecular complexity index is 752. The normalized spacial score (nSPS) is 16.3. The zero-order valence-corrected chi connectivity index (χ0v) is 16.3. The molecule has 0 spiro atoms. The highest BCUT2D eigenvalue weighted by Crippen LogP contribution is 2.20. The van der Waals surface area contributed by atoms with Crippen molar-refractivity contribution in [1.82, 2.24) is 14.8 Å². The van der Waals surface area contributed by atoms with Gasteiger partial charge in [0.05, 0.1) is 13.3 Å². The SMILES string of the molecule is CCOCCOc1ccc(/C=C/C2=NC3=CN(CC)CN(CC)C3=N2)cn1. The van der Waals surface area contributed by atoms with Crippen LogP contribution in [0.3, 0.4) is 0 Å². The lowest BCUT2D eigenvalue weighted by Gasteiger charge is -2.33. The van der Waals surface area contributed by atoms with Gasteiger partial charge in [-0.3, -0.25) is 0 Å². The largest absolute Gasteiger partial charge is 0.475 e. The second kappa shape index (κ2) is 9.32. The fraction of sp³-hybridized carbons (Fsp3) is 0.450. The molecule has 3 rings (SSSR count). The van der Waals surface area contributed by atoms with Gasteiger partial charge in [0.15, 0.2) is 11.7 Å². The van der Waals surface area contributed by atoms with Gasteiger partial charge in [-0.25, -0.2) is 15.0 Å². The standard InChI is InChI=1S/C20H27N5O2/c1-4-24-14-17-20(25(5-2)15-24)23-18(22-17)9-7-16-8-10-19(21-13-16)27-12-11-26-6-3/h7-10,13-14H,4-6,11-12,15H2,1-3H3/b9-7+. The van der Waals surface area contributed by atoms with E-state index in [1.54, 1.807) is 6.20 Å². The molecule has 3 heterocycles. The Balaban J connectivity index is 1.62. The molecule has 0 amide bonds. The molecule has 27 heavy (non-hydrogen) atoms. The maximum Gasteiger partial charge on any atom is 0.213 e. The second-order valence-corrected chi connectivity index (χ2v) is 6.13. The first-order chi connectivity index (χ1) is 13.2. The van der Waals surface area contributed by atoms with Crippen LogP contribution in [0.4, 0.5) is 0 Å². The monoisotopic (exact) mass is 369 g/mol. The summed E-state index contributed by atoms with van der Waals surface area (Å²) in [5.74, 6) is 2.27. The molecule has 0 bridgehead atoms. The Hall–Kier alpha value is -2.67. The Kier molecular flexibility index (Phi) is 6.59. The molecule has 7 heteroatoms. The van der Waals surface area contributed by atoms with E-state index >= 15 is 0 Å². The Labute approximate surface area is 160 Å². The molecule has 1 aromatic rings. The van der Waals surface area contributed by atoms with Crippen molar-refractivity contribution in [3.05, 3.63) is 41.9 Å². The Morgan fingerprint density at radius 2 is 1.96 bits per heavy atom. The topological polar surface area (TPSA) is 62.6 Å². The quantitative estimate of drug-likeness (QED) is 0.627. The van der Waals surface area contributed by atoms with Gasteiger partial charge >= 0.3 is 0 Å². The molecule has 0 atom stereocenters. The molecule has 0 aromatic carbocycles. The number of fused-ring (bicyclic) bond motifs is 1. The molecule has 2 aliphatic heterocycles. The number of amidine groups is 2. The van der Waals surface area contributed by atoms with Crippen molar-refractivity contribution in [1.29, 1.82) is 0 Å². The van der Waals surface area contributed by atoms with Crippen molar-refractivity contribution < 1.29 is 9.47 Å². The van der Waals surface area contributed by atoms with Crippen LogP contribution in [0, 0.1) is 0 Å². The molecule has 0 fully saturated rings. The van der Waals surface area contributed by atoms with E-state index in [1.807, 2.05) is 31.2 Å². The third kappa shape index (κ3) is 4.95. The summed E-state index contributed by atoms with van der Waals surface area (Å²) in [4.78, 5) is 18.1. The molecule has 0 saturated heterocycles. The number of aliphatic imine (C=N–C) groups is 2. The van der Waals surface area contributed by atoms with Crippen LogP contribution in [-0.4, -0.2) is 66.0 Å². The minimum atomic E-state index is 0.502. The fourth-order valence-corrected chi connectivity index (χ4v) is 2.80. The summed E-state index contributed by atoms with van der Waals surface area (Å²) in [7, 11) is 0. The third-order valence-corrected chi connectivity index (χ3v) is 4.30. The van der Waals surface area contributed by atoms with Gasteiger partial charge in [0, 0.05) is 38.2 Å². The van der Waals surface area contributed by atoms with Gasteiger partial charge in [-0.15, -0.1) is 0 Å². The van der Waals surface area contributed by atoms with E-state index in [2.05, 4.69) is 44.8 Å². The smallest absolute Gasteiger partial charge is 0.213 e. The zero-order chi connectivity index (χ0) is 19.1. The highest BCUT2D eigenvalue weighted by molar-refractivity contribution is 6.16. The minimum absolute atomic E-state index is 0.502. The van der Waals surface area contributed by atoms with Crippen LogP contribution in [0.1, 0.15) is 26.3 Å². The van der Waals surface area contributed by atoms with Crippen molar-refractivity contribution in [2.75, 3.05) is 39.6 Å². The third-order valence-electron chi connectivity index (χ3n) is 4.30. The minimum Gasteiger partial charge on any atom is -0.475 e. The number of nitrogens with zero attached hydrogens (tertiary/aromatic N) is 5. The average molecular weight is 369 g/mol. The number of hydrogen-bond donors (Lipinski definition) is 0. The van der Waals surface area contributed by atoms with Crippen molar-refractivity contribution in [3.8, 4) is 5.88 Å². The number of ether oxygens (including phenoxy) is 2. The van der Waals surface area contributed by atoms with Gasteiger partial charge < -0.3 is 19.3 Å². The van der Waals surface area contributed by atoms with Crippen molar-refractivity contribution in [3.63, 3.8) is 0 Å². The van der Waals surface area contributed by atoms with E-state index in [9.17, 15) is 0 Å². The zero-order valence-electron chi connectivity index (χ0n) is 16.3. The predicted octanol–water partition coefficient (Wildman–Crippen LogP) is 2.78. The number of hydrogen-bond acceptors (Lipinski definition) is 7. The Morgan fingerprint density at radius 3 is 2.67 bits per heavy atom. The molecule has 7 nitrogen and oxygen atoms in total. The predicted molar refractivity (Wildman–Crippen MR) is 108 cm³/mol. The maximum atomic E-state index is 5.53. The van der Waals surface area contributed by atoms with Crippen LogP contribution >= 0.6 is 0 Å². The van der Waals surface area contributed by atoms with Gasteiger partial charge in [0.1, 0.15) is 12.3 Å². The molecule has 0 radical (unpaired) electrons. The summed E-state index contributed by atoms with van der Waals surface area (Å²) in [6, 6.07) is 3.82. The maximum absolute atomic E-state index is 5.53. The number of aromatic nitrogens is 1. The van der Waals surface area contributed by atoms with Crippen molar-refractivity contribution in [2.24, 2.45) is 9.98 Å². The summed E-state index contributed by atoms with van der Waals surface area (Å²) < 4.78 is 10.8. The summed E-state index contributed by atoms with van der Waals surface area (Å²) >= 11 is 0. The molecule has 0 saturated carbocycles. The number of pyridine rings is 1. The fourth-order valence-electron chi connectivity index (χ4n) is 2.80. The highest BCUT2D eigenvalue weighted by Gasteiger charge is 2.26. The first-order valence-electron chi connectivity index (χ1n) is 9.46. The van der Waals surface area contributed by atoms with Crippen LogP contribution in [-0.2, 0) is 4.74 Å². The molecular weight excluding hydrogens is 342 g/mol. The average Bonchev–Trinajstić information content (AvgIpc) is 3.12. The van der Waals surface area contributed by atoms with Crippen molar-refractivity contribution in [2.45, 2.75) is 20.8 Å². The molecule has 1 aromatic heterocycles. The van der Waals surface area contributed by atoms with Gasteiger partial charge in [-0.05, 0) is 44.6 Å². The van der Waals surface area contributed by atoms with Crippen LogP contribution in [0.2, 0.25) is 0 Å². The van der Waals surface area contributed by atoms with Crippen LogP contribution in [0.5, 0.6) is 5.88 Å². The van der Waals surface area contributed by atoms with Crippen LogP contribution in [0.15, 0.2) is 46.3 Å². The van der Waals surface area contributed by atoms with Gasteiger partial charge in [-0.1, -0.05) is 0 Å². The van der Waals surface area contributed by atoms with E-state index in [-0.39, 0.29) is 0 Å². The number of likely N-dealkylation sites (N-methyl/N-ethyl adjacent to an activating group) is 1. The van der Waals surface area contributed by atoms with Crippen LogP contribution < -0.4 is 4.74 Å². The first kappa shape index (κ1) is 19.1. The second-order valence-electron chi connectivity index (χ2n) is 6.13. The lowest BCUT2D eigenvalue weighted by Crippen LogP contribution is -2.43. The lowest BCUT2D eigenvalue weighted by molar-refractivity contribution is 0.108. The lowest BCUT2D eigenvalue weighted by atomic mass is 10.2.